The first-order chi connectivity index (χ1) is 8.65. The number of rotatable bonds is 3. The van der Waals surface area contributed by atoms with Gasteiger partial charge in [-0.05, 0) is 13.3 Å². The first kappa shape index (κ1) is 15.4. The van der Waals surface area contributed by atoms with Crippen LogP contribution < -0.4 is 16.8 Å². The molecule has 2 aliphatic heterocycles. The van der Waals surface area contributed by atoms with Crippen LogP contribution in [0.25, 0.3) is 0 Å². The lowest BCUT2D eigenvalue weighted by molar-refractivity contribution is -0.127. The van der Waals surface area contributed by atoms with Gasteiger partial charge in [-0.25, -0.2) is 0 Å². The number of carbonyl (C=O) groups is 1. The number of hydrogen-bond acceptors (Lipinski definition) is 5. The summed E-state index contributed by atoms with van der Waals surface area (Å²) in [7, 11) is 0. The highest BCUT2D eigenvalue weighted by Crippen LogP contribution is 2.07. The predicted octanol–water partition coefficient (Wildman–Crippen LogP) is -1.11. The zero-order valence-corrected chi connectivity index (χ0v) is 11.2. The second-order valence-corrected chi connectivity index (χ2v) is 4.75. The van der Waals surface area contributed by atoms with Crippen molar-refractivity contribution in [2.75, 3.05) is 39.3 Å². The van der Waals surface area contributed by atoms with Gasteiger partial charge < -0.3 is 26.4 Å². The second kappa shape index (κ2) is 8.42. The summed E-state index contributed by atoms with van der Waals surface area (Å²) in [6.07, 6.45) is 1.96. The molecule has 0 bridgehead atoms. The Labute approximate surface area is 109 Å². The molecule has 5 N–H and O–H groups in total. The molecule has 0 spiro atoms. The second-order valence-electron chi connectivity index (χ2n) is 4.75. The van der Waals surface area contributed by atoms with Crippen LogP contribution in [0.3, 0.4) is 0 Å². The Morgan fingerprint density at radius 3 is 2.78 bits per heavy atom. The molecular weight excluding hydrogens is 232 g/mol. The van der Waals surface area contributed by atoms with Crippen molar-refractivity contribution in [2.24, 2.45) is 11.5 Å². The van der Waals surface area contributed by atoms with E-state index in [2.05, 4.69) is 5.32 Å². The normalized spacial score (nSPS) is 25.6. The Kier molecular flexibility index (Phi) is 7.19. The molecule has 106 valence electrons. The van der Waals surface area contributed by atoms with Crippen LogP contribution in [0.4, 0.5) is 0 Å². The molecule has 0 radical (unpaired) electrons. The summed E-state index contributed by atoms with van der Waals surface area (Å²) >= 11 is 0. The molecule has 2 aliphatic rings. The number of ether oxygens (including phenoxy) is 1. The number of hydrogen-bond donors (Lipinski definition) is 3. The van der Waals surface area contributed by atoms with Gasteiger partial charge in [0.25, 0.3) is 0 Å². The smallest absolute Gasteiger partial charge is 0.222 e. The van der Waals surface area contributed by atoms with E-state index in [4.69, 9.17) is 16.2 Å². The summed E-state index contributed by atoms with van der Waals surface area (Å²) < 4.78 is 5.35. The minimum atomic E-state index is 0.151. The molecule has 2 fully saturated rings. The maximum atomic E-state index is 10.8. The predicted molar refractivity (Wildman–Crippen MR) is 71.1 cm³/mol. The third-order valence-electron chi connectivity index (χ3n) is 3.11. The fourth-order valence-corrected chi connectivity index (χ4v) is 2.02. The maximum Gasteiger partial charge on any atom is 0.222 e. The molecule has 2 unspecified atom stereocenters. The highest BCUT2D eigenvalue weighted by molar-refractivity contribution is 5.78. The molecule has 0 aromatic rings. The summed E-state index contributed by atoms with van der Waals surface area (Å²) in [5.74, 6) is 0.264. The van der Waals surface area contributed by atoms with E-state index in [1.54, 1.807) is 0 Å². The first-order valence-corrected chi connectivity index (χ1v) is 6.71. The number of carbonyl (C=O) groups excluding carboxylic acids is 1. The van der Waals surface area contributed by atoms with Gasteiger partial charge in [0.15, 0.2) is 0 Å². The molecular formula is C12H26N4O2. The van der Waals surface area contributed by atoms with Gasteiger partial charge in [0, 0.05) is 45.2 Å². The van der Waals surface area contributed by atoms with Crippen LogP contribution in [0, 0.1) is 0 Å². The third-order valence-corrected chi connectivity index (χ3v) is 3.11. The van der Waals surface area contributed by atoms with Gasteiger partial charge in [0.05, 0.1) is 12.7 Å². The van der Waals surface area contributed by atoms with Gasteiger partial charge in [0.2, 0.25) is 5.91 Å². The molecule has 2 saturated heterocycles. The van der Waals surface area contributed by atoms with Crippen molar-refractivity contribution in [3.63, 3.8) is 0 Å². The Morgan fingerprint density at radius 2 is 2.39 bits per heavy atom. The zero-order valence-electron chi connectivity index (χ0n) is 11.2. The van der Waals surface area contributed by atoms with Crippen molar-refractivity contribution in [1.82, 2.24) is 10.2 Å². The zero-order chi connectivity index (χ0) is 13.4. The summed E-state index contributed by atoms with van der Waals surface area (Å²) in [6.45, 7) is 6.87. The molecule has 0 aliphatic carbocycles. The van der Waals surface area contributed by atoms with Crippen molar-refractivity contribution in [3.05, 3.63) is 0 Å². The van der Waals surface area contributed by atoms with Gasteiger partial charge in [-0.1, -0.05) is 0 Å². The van der Waals surface area contributed by atoms with E-state index >= 15 is 0 Å². The van der Waals surface area contributed by atoms with Crippen LogP contribution in [0.1, 0.15) is 19.8 Å². The summed E-state index contributed by atoms with van der Waals surface area (Å²) in [4.78, 5) is 12.7. The van der Waals surface area contributed by atoms with E-state index in [1.165, 1.54) is 0 Å². The monoisotopic (exact) mass is 258 g/mol. The van der Waals surface area contributed by atoms with Crippen molar-refractivity contribution in [1.29, 1.82) is 0 Å². The Balaban J connectivity index is 0.000000180. The number of nitrogens with one attached hydrogen (secondary N) is 1. The van der Waals surface area contributed by atoms with Crippen molar-refractivity contribution < 1.29 is 9.53 Å². The number of morpholine rings is 1. The molecule has 2 heterocycles. The minimum absolute atomic E-state index is 0.151. The number of likely N-dealkylation sites (tertiary alicyclic amines) is 1. The van der Waals surface area contributed by atoms with E-state index in [9.17, 15) is 4.79 Å². The minimum Gasteiger partial charge on any atom is -0.374 e. The van der Waals surface area contributed by atoms with E-state index in [1.807, 2.05) is 11.8 Å². The van der Waals surface area contributed by atoms with Gasteiger partial charge in [-0.3, -0.25) is 4.79 Å². The van der Waals surface area contributed by atoms with Gasteiger partial charge in [-0.15, -0.1) is 0 Å². The Morgan fingerprint density at radius 1 is 1.61 bits per heavy atom. The topological polar surface area (TPSA) is 93.6 Å². The average molecular weight is 258 g/mol. The third kappa shape index (κ3) is 5.30. The van der Waals surface area contributed by atoms with Crippen LogP contribution in [0.5, 0.6) is 0 Å². The first-order valence-electron chi connectivity index (χ1n) is 6.71. The molecule has 18 heavy (non-hydrogen) atoms. The highest BCUT2D eigenvalue weighted by Gasteiger charge is 2.18. The van der Waals surface area contributed by atoms with E-state index in [-0.39, 0.29) is 18.1 Å². The quantitative estimate of drug-likeness (QED) is 0.597. The molecule has 1 amide bonds. The number of nitrogens with two attached hydrogens (primary N) is 2. The molecule has 2 atom stereocenters. The average Bonchev–Trinajstić information content (AvgIpc) is 2.78. The Bertz CT molecular complexity index is 242. The van der Waals surface area contributed by atoms with E-state index in [0.717, 1.165) is 45.6 Å². The molecule has 0 saturated carbocycles. The van der Waals surface area contributed by atoms with Crippen LogP contribution in [0.15, 0.2) is 0 Å². The molecule has 6 nitrogen and oxygen atoms in total. The molecule has 2 rings (SSSR count). The van der Waals surface area contributed by atoms with Crippen molar-refractivity contribution >= 4 is 5.91 Å². The standard InChI is InChI=1S/C6H14N2O.C6H12N2O/c1-5(7)6-4-8-2-3-9-6;7-3-5-8-4-1-2-6(8)9/h5-6,8H,2-4,7H2,1H3;1-5,7H2. The van der Waals surface area contributed by atoms with Crippen LogP contribution in [0.2, 0.25) is 0 Å². The fraction of sp³-hybridized carbons (Fsp3) is 0.917. The fourth-order valence-electron chi connectivity index (χ4n) is 2.02. The summed E-state index contributed by atoms with van der Waals surface area (Å²) in [6, 6.07) is 0.151. The van der Waals surface area contributed by atoms with Crippen molar-refractivity contribution in [3.8, 4) is 0 Å². The van der Waals surface area contributed by atoms with Gasteiger partial charge >= 0.3 is 0 Å². The van der Waals surface area contributed by atoms with E-state index < -0.39 is 0 Å². The largest absolute Gasteiger partial charge is 0.374 e. The van der Waals surface area contributed by atoms with Crippen LogP contribution in [-0.2, 0) is 9.53 Å². The molecule has 0 aromatic carbocycles. The van der Waals surface area contributed by atoms with Crippen molar-refractivity contribution in [2.45, 2.75) is 31.9 Å². The van der Waals surface area contributed by atoms with Gasteiger partial charge in [0.1, 0.15) is 0 Å². The maximum absolute atomic E-state index is 10.8. The Hall–Kier alpha value is -0.690. The van der Waals surface area contributed by atoms with E-state index in [0.29, 0.717) is 6.54 Å². The summed E-state index contributed by atoms with van der Waals surface area (Å²) in [5.41, 5.74) is 10.9. The highest BCUT2D eigenvalue weighted by atomic mass is 16.5. The molecule has 0 aromatic heterocycles. The van der Waals surface area contributed by atoms with Crippen LogP contribution in [-0.4, -0.2) is 62.3 Å². The lowest BCUT2D eigenvalue weighted by Gasteiger charge is -2.26. The van der Waals surface area contributed by atoms with Crippen LogP contribution >= 0.6 is 0 Å². The lowest BCUT2D eigenvalue weighted by Crippen LogP contribution is -2.47. The summed E-state index contributed by atoms with van der Waals surface area (Å²) in [5, 5.41) is 3.21. The number of nitrogens with zero attached hydrogens (tertiary/aromatic N) is 1. The van der Waals surface area contributed by atoms with Gasteiger partial charge in [-0.2, -0.15) is 0 Å². The SMILES string of the molecule is CC(N)C1CNCCO1.NCCN1CCCC1=O. The lowest BCUT2D eigenvalue weighted by atomic mass is 10.2. The number of amides is 1. The molecule has 6 heteroatoms.